The van der Waals surface area contributed by atoms with E-state index in [2.05, 4.69) is 15.3 Å². The summed E-state index contributed by atoms with van der Waals surface area (Å²) < 4.78 is 11.0. The number of hydrogen-bond acceptors (Lipinski definition) is 4. The second kappa shape index (κ2) is 8.37. The quantitative estimate of drug-likeness (QED) is 0.621. The highest BCUT2D eigenvalue weighted by atomic mass is 16.5. The zero-order valence-corrected chi connectivity index (χ0v) is 15.5. The molecule has 0 saturated heterocycles. The van der Waals surface area contributed by atoms with Gasteiger partial charge >= 0.3 is 0 Å². The van der Waals surface area contributed by atoms with Crippen molar-refractivity contribution in [2.24, 2.45) is 10.7 Å². The van der Waals surface area contributed by atoms with E-state index in [1.54, 1.807) is 13.3 Å². The smallest absolute Gasteiger partial charge is 0.193 e. The molecule has 0 aliphatic carbocycles. The van der Waals surface area contributed by atoms with Crippen LogP contribution in [0.3, 0.4) is 0 Å². The van der Waals surface area contributed by atoms with Crippen LogP contribution in [0.4, 0.5) is 5.69 Å². The lowest BCUT2D eigenvalue weighted by molar-refractivity contribution is 0.242. The molecule has 0 saturated carbocycles. The highest BCUT2D eigenvalue weighted by Crippen LogP contribution is 2.24. The topological polar surface area (TPSA) is 81.8 Å². The Morgan fingerprint density at radius 1 is 1.24 bits per heavy atom. The van der Waals surface area contributed by atoms with Crippen LogP contribution in [0.15, 0.2) is 35.5 Å². The van der Waals surface area contributed by atoms with Crippen LogP contribution in [-0.4, -0.2) is 24.2 Å². The molecule has 1 aromatic heterocycles. The number of aliphatic imine (C=N–C) groups is 1. The first-order valence-corrected chi connectivity index (χ1v) is 8.23. The maximum Gasteiger partial charge on any atom is 0.193 e. The fraction of sp³-hybridized carbons (Fsp3) is 0.368. The molecule has 2 rings (SSSR count). The number of nitrogens with one attached hydrogen (secondary N) is 1. The zero-order chi connectivity index (χ0) is 18.4. The third-order valence-electron chi connectivity index (χ3n) is 3.65. The van der Waals surface area contributed by atoms with Crippen molar-refractivity contribution in [1.82, 2.24) is 4.98 Å². The van der Waals surface area contributed by atoms with Gasteiger partial charge in [0, 0.05) is 23.0 Å². The molecule has 1 aromatic carbocycles. The Morgan fingerprint density at radius 3 is 2.52 bits per heavy atom. The Kier molecular flexibility index (Phi) is 6.22. The van der Waals surface area contributed by atoms with E-state index in [4.69, 9.17) is 15.2 Å². The van der Waals surface area contributed by atoms with E-state index in [-0.39, 0.29) is 6.10 Å². The van der Waals surface area contributed by atoms with Crippen molar-refractivity contribution in [3.05, 3.63) is 47.3 Å². The number of aryl methyl sites for hydroxylation is 1. The molecule has 0 spiro atoms. The number of nitrogens with two attached hydrogens (primary N) is 1. The van der Waals surface area contributed by atoms with E-state index in [0.29, 0.717) is 12.5 Å². The Bertz CT molecular complexity index is 740. The first-order valence-electron chi connectivity index (χ1n) is 8.23. The number of guanidine groups is 1. The second-order valence-corrected chi connectivity index (χ2v) is 6.06. The molecule has 134 valence electrons. The number of methoxy groups -OCH3 is 1. The van der Waals surface area contributed by atoms with E-state index in [1.165, 1.54) is 0 Å². The van der Waals surface area contributed by atoms with Crippen molar-refractivity contribution in [3.8, 4) is 11.5 Å². The molecular weight excluding hydrogens is 316 g/mol. The number of nitrogens with zero attached hydrogens (tertiary/aromatic N) is 2. The van der Waals surface area contributed by atoms with E-state index < -0.39 is 0 Å². The predicted octanol–water partition coefficient (Wildman–Crippen LogP) is 3.42. The van der Waals surface area contributed by atoms with Gasteiger partial charge in [-0.25, -0.2) is 4.99 Å². The highest BCUT2D eigenvalue weighted by molar-refractivity contribution is 5.92. The van der Waals surface area contributed by atoms with E-state index >= 15 is 0 Å². The third kappa shape index (κ3) is 5.11. The monoisotopic (exact) mass is 342 g/mol. The lowest BCUT2D eigenvalue weighted by Gasteiger charge is -2.12. The summed E-state index contributed by atoms with van der Waals surface area (Å²) in [6.45, 7) is 8.31. The summed E-state index contributed by atoms with van der Waals surface area (Å²) in [5.41, 5.74) is 9.65. The van der Waals surface area contributed by atoms with Crippen LogP contribution < -0.4 is 20.5 Å². The zero-order valence-electron chi connectivity index (χ0n) is 15.5. The summed E-state index contributed by atoms with van der Waals surface area (Å²) in [4.78, 5) is 8.78. The van der Waals surface area contributed by atoms with Gasteiger partial charge < -0.3 is 20.5 Å². The van der Waals surface area contributed by atoms with Gasteiger partial charge in [0.15, 0.2) is 5.96 Å². The molecule has 0 aliphatic rings. The Balaban J connectivity index is 2.02. The molecule has 0 aliphatic heterocycles. The number of aromatic nitrogens is 1. The first-order chi connectivity index (χ1) is 11.9. The van der Waals surface area contributed by atoms with Crippen LogP contribution in [0.5, 0.6) is 11.5 Å². The second-order valence-electron chi connectivity index (χ2n) is 6.06. The van der Waals surface area contributed by atoms with Gasteiger partial charge in [-0.2, -0.15) is 0 Å². The minimum Gasteiger partial charge on any atom is -0.496 e. The van der Waals surface area contributed by atoms with E-state index in [1.807, 2.05) is 52.0 Å². The van der Waals surface area contributed by atoms with Crippen molar-refractivity contribution in [3.63, 3.8) is 0 Å². The maximum absolute atomic E-state index is 5.97. The lowest BCUT2D eigenvalue weighted by Crippen LogP contribution is -2.22. The summed E-state index contributed by atoms with van der Waals surface area (Å²) in [5.74, 6) is 1.99. The van der Waals surface area contributed by atoms with Crippen molar-refractivity contribution in [2.45, 2.75) is 40.3 Å². The summed E-state index contributed by atoms with van der Waals surface area (Å²) in [5, 5.41) is 3.07. The Hall–Kier alpha value is -2.76. The van der Waals surface area contributed by atoms with Gasteiger partial charge in [-0.15, -0.1) is 0 Å². The molecule has 0 radical (unpaired) electrons. The largest absolute Gasteiger partial charge is 0.496 e. The van der Waals surface area contributed by atoms with Gasteiger partial charge in [-0.05, 0) is 52.0 Å². The van der Waals surface area contributed by atoms with Crippen molar-refractivity contribution in [2.75, 3.05) is 12.4 Å². The Labute approximate surface area is 149 Å². The fourth-order valence-electron chi connectivity index (χ4n) is 2.47. The molecule has 0 amide bonds. The minimum absolute atomic E-state index is 0.146. The van der Waals surface area contributed by atoms with Gasteiger partial charge in [0.1, 0.15) is 11.5 Å². The fourth-order valence-corrected chi connectivity index (χ4v) is 2.47. The maximum atomic E-state index is 5.97. The first kappa shape index (κ1) is 18.6. The van der Waals surface area contributed by atoms with Gasteiger partial charge in [0.2, 0.25) is 0 Å². The van der Waals surface area contributed by atoms with Crippen LogP contribution in [0.1, 0.15) is 30.7 Å². The number of pyridine rings is 1. The normalized spacial score (nSPS) is 11.5. The van der Waals surface area contributed by atoms with Gasteiger partial charge in [-0.1, -0.05) is 0 Å². The average Bonchev–Trinajstić information content (AvgIpc) is 2.56. The highest BCUT2D eigenvalue weighted by Gasteiger charge is 2.09. The van der Waals surface area contributed by atoms with Crippen LogP contribution in [0.25, 0.3) is 0 Å². The summed E-state index contributed by atoms with van der Waals surface area (Å²) in [6, 6.07) is 7.59. The Morgan fingerprint density at radius 2 is 1.92 bits per heavy atom. The molecule has 0 atom stereocenters. The summed E-state index contributed by atoms with van der Waals surface area (Å²) >= 11 is 0. The molecule has 0 fully saturated rings. The molecule has 1 heterocycles. The summed E-state index contributed by atoms with van der Waals surface area (Å²) in [7, 11) is 1.66. The number of rotatable bonds is 6. The molecular formula is C19H26N4O2. The van der Waals surface area contributed by atoms with Crippen LogP contribution in [-0.2, 0) is 6.54 Å². The third-order valence-corrected chi connectivity index (χ3v) is 3.65. The van der Waals surface area contributed by atoms with Gasteiger partial charge in [0.05, 0.1) is 25.5 Å². The van der Waals surface area contributed by atoms with Gasteiger partial charge in [-0.3, -0.25) is 4.98 Å². The number of hydrogen-bond donors (Lipinski definition) is 2. The molecule has 6 nitrogen and oxygen atoms in total. The molecule has 25 heavy (non-hydrogen) atoms. The van der Waals surface area contributed by atoms with Gasteiger partial charge in [0.25, 0.3) is 0 Å². The van der Waals surface area contributed by atoms with Crippen LogP contribution in [0, 0.1) is 13.8 Å². The number of benzene rings is 1. The molecule has 2 aromatic rings. The van der Waals surface area contributed by atoms with E-state index in [9.17, 15) is 0 Å². The van der Waals surface area contributed by atoms with Crippen LogP contribution in [0.2, 0.25) is 0 Å². The minimum atomic E-state index is 0.146. The molecule has 3 N–H and O–H groups in total. The van der Waals surface area contributed by atoms with Crippen molar-refractivity contribution >= 4 is 11.6 Å². The van der Waals surface area contributed by atoms with Crippen molar-refractivity contribution < 1.29 is 9.47 Å². The molecule has 0 bridgehead atoms. The SMILES string of the molecule is COc1c(C)cnc(CN=C(N)Nc2ccc(OC(C)C)cc2)c1C. The van der Waals surface area contributed by atoms with Crippen LogP contribution >= 0.6 is 0 Å². The molecule has 0 unspecified atom stereocenters. The molecule has 6 heteroatoms. The lowest BCUT2D eigenvalue weighted by atomic mass is 10.1. The standard InChI is InChI=1S/C19H26N4O2/c1-12(2)25-16-8-6-15(7-9-16)23-19(20)22-11-17-14(4)18(24-5)13(3)10-21-17/h6-10,12H,11H2,1-5H3,(H3,20,22,23). The predicted molar refractivity (Wildman–Crippen MR) is 101 cm³/mol. The van der Waals surface area contributed by atoms with Crippen molar-refractivity contribution in [1.29, 1.82) is 0 Å². The van der Waals surface area contributed by atoms with E-state index in [0.717, 1.165) is 34.0 Å². The number of anilines is 1. The summed E-state index contributed by atoms with van der Waals surface area (Å²) in [6.07, 6.45) is 1.93. The number of ether oxygens (including phenoxy) is 2. The average molecular weight is 342 g/mol.